The number of amides is 1. The Hall–Kier alpha value is -1.67. The molecule has 0 saturated carbocycles. The smallest absolute Gasteiger partial charge is 0.230 e. The maximum atomic E-state index is 12.4. The Bertz CT molecular complexity index is 1070. The molecule has 0 radical (unpaired) electrons. The van der Waals surface area contributed by atoms with Crippen molar-refractivity contribution in [1.29, 1.82) is 0 Å². The molecule has 2 heterocycles. The van der Waals surface area contributed by atoms with E-state index in [9.17, 15) is 4.79 Å². The van der Waals surface area contributed by atoms with E-state index in [1.807, 2.05) is 5.38 Å². The molecule has 3 aromatic rings. The number of hydrogen-bond acceptors (Lipinski definition) is 5. The Morgan fingerprint density at radius 1 is 1.06 bits per heavy atom. The number of anilines is 1. The number of benzene rings is 2. The molecule has 0 unspecified atom stereocenters. The first-order chi connectivity index (χ1) is 15.0. The van der Waals surface area contributed by atoms with Crippen molar-refractivity contribution in [3.8, 4) is 10.6 Å². The minimum atomic E-state index is -0.224. The molecule has 31 heavy (non-hydrogen) atoms. The van der Waals surface area contributed by atoms with Gasteiger partial charge in [0, 0.05) is 30.6 Å². The number of nitrogens with one attached hydrogen (secondary N) is 1. The average Bonchev–Trinajstić information content (AvgIpc) is 3.21. The van der Waals surface area contributed by atoms with Gasteiger partial charge < -0.3 is 10.1 Å². The summed E-state index contributed by atoms with van der Waals surface area (Å²) in [4.78, 5) is 19.4. The molecule has 0 aliphatic carbocycles. The first kappa shape index (κ1) is 22.5. The molecule has 1 fully saturated rings. The lowest BCUT2D eigenvalue weighted by molar-refractivity contribution is -0.115. The number of nitrogens with zero attached hydrogens (tertiary/aromatic N) is 2. The Morgan fingerprint density at radius 3 is 2.52 bits per heavy atom. The van der Waals surface area contributed by atoms with Crippen molar-refractivity contribution < 1.29 is 9.53 Å². The Kier molecular flexibility index (Phi) is 7.48. The Labute approximate surface area is 199 Å². The van der Waals surface area contributed by atoms with Gasteiger partial charge in [0.05, 0.1) is 46.1 Å². The highest BCUT2D eigenvalue weighted by Gasteiger charge is 2.14. The van der Waals surface area contributed by atoms with Crippen LogP contribution >= 0.6 is 46.1 Å². The number of carbonyl (C=O) groups excluding carboxylic acids is 1. The monoisotopic (exact) mass is 495 g/mol. The summed E-state index contributed by atoms with van der Waals surface area (Å²) < 4.78 is 5.40. The van der Waals surface area contributed by atoms with Crippen LogP contribution < -0.4 is 5.32 Å². The van der Waals surface area contributed by atoms with E-state index in [0.717, 1.165) is 43.4 Å². The van der Waals surface area contributed by atoms with Crippen molar-refractivity contribution in [3.05, 3.63) is 68.1 Å². The topological polar surface area (TPSA) is 54.5 Å². The lowest BCUT2D eigenvalue weighted by atomic mass is 10.1. The molecule has 1 amide bonds. The van der Waals surface area contributed by atoms with E-state index in [1.165, 1.54) is 29.0 Å². The first-order valence-corrected chi connectivity index (χ1v) is 11.8. The molecular weight excluding hydrogens is 477 g/mol. The molecule has 0 bridgehead atoms. The van der Waals surface area contributed by atoms with Gasteiger partial charge in [0.15, 0.2) is 0 Å². The first-order valence-electron chi connectivity index (χ1n) is 9.76. The average molecular weight is 497 g/mol. The van der Waals surface area contributed by atoms with Gasteiger partial charge in [0.1, 0.15) is 5.01 Å². The van der Waals surface area contributed by atoms with Gasteiger partial charge in [-0.2, -0.15) is 0 Å². The van der Waals surface area contributed by atoms with Gasteiger partial charge in [-0.15, -0.1) is 11.3 Å². The molecule has 1 aliphatic heterocycles. The van der Waals surface area contributed by atoms with Crippen LogP contribution in [0.1, 0.15) is 11.3 Å². The standard InChI is InChI=1S/C22H20Cl3N3O2S/c23-17-10-19(25)20(11-18(17)24)27-21(29)9-16-13-31-22(26-16)15-3-1-14(2-4-15)12-28-5-7-30-8-6-28/h1-4,10-11,13H,5-9,12H2,(H,27,29). The Morgan fingerprint density at radius 2 is 1.77 bits per heavy atom. The Balaban J connectivity index is 1.36. The van der Waals surface area contributed by atoms with Crippen LogP contribution in [0.4, 0.5) is 5.69 Å². The predicted molar refractivity (Wildman–Crippen MR) is 127 cm³/mol. The third kappa shape index (κ3) is 5.98. The number of rotatable bonds is 6. The second kappa shape index (κ2) is 10.3. The SMILES string of the molecule is O=C(Cc1csc(-c2ccc(CN3CCOCC3)cc2)n1)Nc1cc(Cl)c(Cl)cc1Cl. The van der Waals surface area contributed by atoms with E-state index in [1.54, 1.807) is 0 Å². The summed E-state index contributed by atoms with van der Waals surface area (Å²) in [6.45, 7) is 4.44. The van der Waals surface area contributed by atoms with Crippen molar-refractivity contribution in [2.45, 2.75) is 13.0 Å². The van der Waals surface area contributed by atoms with E-state index in [-0.39, 0.29) is 12.3 Å². The fraction of sp³-hybridized carbons (Fsp3) is 0.273. The van der Waals surface area contributed by atoms with Crippen LogP contribution in [0, 0.1) is 0 Å². The number of ether oxygens (including phenoxy) is 1. The van der Waals surface area contributed by atoms with Gasteiger partial charge >= 0.3 is 0 Å². The highest BCUT2D eigenvalue weighted by molar-refractivity contribution is 7.13. The molecule has 1 saturated heterocycles. The lowest BCUT2D eigenvalue weighted by Crippen LogP contribution is -2.35. The summed E-state index contributed by atoms with van der Waals surface area (Å²) in [6.07, 6.45) is 0.141. The van der Waals surface area contributed by atoms with E-state index in [2.05, 4.69) is 39.5 Å². The minimum Gasteiger partial charge on any atom is -0.379 e. The van der Waals surface area contributed by atoms with Crippen molar-refractivity contribution >= 4 is 57.7 Å². The largest absolute Gasteiger partial charge is 0.379 e. The zero-order valence-electron chi connectivity index (χ0n) is 16.5. The van der Waals surface area contributed by atoms with Crippen molar-refractivity contribution in [2.24, 2.45) is 0 Å². The second-order valence-corrected chi connectivity index (χ2v) is 9.28. The molecule has 2 aromatic carbocycles. The molecule has 1 N–H and O–H groups in total. The maximum Gasteiger partial charge on any atom is 0.230 e. The van der Waals surface area contributed by atoms with Crippen LogP contribution in [0.2, 0.25) is 15.1 Å². The lowest BCUT2D eigenvalue weighted by Gasteiger charge is -2.26. The maximum absolute atomic E-state index is 12.4. The van der Waals surface area contributed by atoms with Gasteiger partial charge in [-0.05, 0) is 17.7 Å². The molecule has 0 atom stereocenters. The number of hydrogen-bond donors (Lipinski definition) is 1. The van der Waals surface area contributed by atoms with E-state index >= 15 is 0 Å². The molecule has 0 spiro atoms. The zero-order valence-corrected chi connectivity index (χ0v) is 19.6. The molecule has 1 aliphatic rings. The van der Waals surface area contributed by atoms with Crippen molar-refractivity contribution in [1.82, 2.24) is 9.88 Å². The minimum absolute atomic E-state index is 0.141. The molecule has 5 nitrogen and oxygen atoms in total. The number of carbonyl (C=O) groups is 1. The van der Waals surface area contributed by atoms with E-state index < -0.39 is 0 Å². The molecule has 4 rings (SSSR count). The summed E-state index contributed by atoms with van der Waals surface area (Å²) in [5.41, 5.74) is 3.42. The summed E-state index contributed by atoms with van der Waals surface area (Å²) in [5, 5.41) is 6.54. The van der Waals surface area contributed by atoms with Crippen LogP contribution in [0.5, 0.6) is 0 Å². The fourth-order valence-corrected chi connectivity index (χ4v) is 4.69. The van der Waals surface area contributed by atoms with Gasteiger partial charge in [-0.3, -0.25) is 9.69 Å². The molecule has 162 valence electrons. The molecule has 9 heteroatoms. The highest BCUT2D eigenvalue weighted by atomic mass is 35.5. The predicted octanol–water partition coefficient (Wildman–Crippen LogP) is 5.78. The van der Waals surface area contributed by atoms with Gasteiger partial charge in [-0.25, -0.2) is 4.98 Å². The number of aromatic nitrogens is 1. The van der Waals surface area contributed by atoms with Crippen molar-refractivity contribution in [2.75, 3.05) is 31.6 Å². The van der Waals surface area contributed by atoms with Crippen molar-refractivity contribution in [3.63, 3.8) is 0 Å². The van der Waals surface area contributed by atoms with E-state index in [4.69, 9.17) is 39.5 Å². The normalized spacial score (nSPS) is 14.5. The fourth-order valence-electron chi connectivity index (χ4n) is 3.27. The summed E-state index contributed by atoms with van der Waals surface area (Å²) in [6, 6.07) is 11.5. The summed E-state index contributed by atoms with van der Waals surface area (Å²) in [7, 11) is 0. The molecule has 1 aromatic heterocycles. The van der Waals surface area contributed by atoms with Gasteiger partial charge in [0.25, 0.3) is 0 Å². The molecular formula is C22H20Cl3N3O2S. The summed E-state index contributed by atoms with van der Waals surface area (Å²) in [5.74, 6) is -0.224. The van der Waals surface area contributed by atoms with Crippen LogP contribution in [-0.2, 0) is 22.5 Å². The van der Waals surface area contributed by atoms with E-state index in [0.29, 0.717) is 26.4 Å². The van der Waals surface area contributed by atoms with Gasteiger partial charge in [-0.1, -0.05) is 59.1 Å². The third-order valence-corrected chi connectivity index (χ3v) is 6.86. The van der Waals surface area contributed by atoms with Gasteiger partial charge in [0.2, 0.25) is 5.91 Å². The number of morpholine rings is 1. The second-order valence-electron chi connectivity index (χ2n) is 7.20. The zero-order chi connectivity index (χ0) is 21.8. The van der Waals surface area contributed by atoms with Crippen LogP contribution in [-0.4, -0.2) is 42.1 Å². The third-order valence-electron chi connectivity index (χ3n) is 4.89. The highest BCUT2D eigenvalue weighted by Crippen LogP contribution is 2.32. The summed E-state index contributed by atoms with van der Waals surface area (Å²) >= 11 is 19.6. The van der Waals surface area contributed by atoms with Crippen LogP contribution in [0.3, 0.4) is 0 Å². The number of thiazole rings is 1. The van der Waals surface area contributed by atoms with Crippen LogP contribution in [0.15, 0.2) is 41.8 Å². The van der Waals surface area contributed by atoms with Crippen LogP contribution in [0.25, 0.3) is 10.6 Å². The number of halogens is 3. The quantitative estimate of drug-likeness (QED) is 0.439.